The van der Waals surface area contributed by atoms with E-state index in [1.54, 1.807) is 6.20 Å². The van der Waals surface area contributed by atoms with Gasteiger partial charge in [0.05, 0.1) is 24.6 Å². The number of hydrogen-bond donors (Lipinski definition) is 1. The number of carbonyl (C=O) groups is 1. The molecule has 1 atom stereocenters. The van der Waals surface area contributed by atoms with Crippen LogP contribution in [0.5, 0.6) is 0 Å². The van der Waals surface area contributed by atoms with Gasteiger partial charge in [-0.1, -0.05) is 12.8 Å². The molecule has 1 N–H and O–H groups in total. The zero-order valence-electron chi connectivity index (χ0n) is 17.0. The largest absolute Gasteiger partial charge is 0.375 e. The molecule has 3 aromatic rings. The number of ether oxygens (including phenoxy) is 1. The summed E-state index contributed by atoms with van der Waals surface area (Å²) in [6.07, 6.45) is 5.49. The predicted octanol–water partition coefficient (Wildman–Crippen LogP) is 2.66. The van der Waals surface area contributed by atoms with E-state index in [1.807, 2.05) is 6.07 Å². The molecule has 11 heteroatoms. The second-order valence-electron chi connectivity index (χ2n) is 8.09. The van der Waals surface area contributed by atoms with Crippen LogP contribution in [0.15, 0.2) is 24.7 Å². The summed E-state index contributed by atoms with van der Waals surface area (Å²) in [7, 11) is 1.52. The molecule has 9 nitrogen and oxygen atoms in total. The van der Waals surface area contributed by atoms with E-state index in [9.17, 15) is 13.6 Å². The van der Waals surface area contributed by atoms with Gasteiger partial charge in [-0.25, -0.2) is 18.3 Å². The first-order valence-corrected chi connectivity index (χ1v) is 10.3. The van der Waals surface area contributed by atoms with Crippen molar-refractivity contribution in [3.8, 4) is 0 Å². The van der Waals surface area contributed by atoms with Gasteiger partial charge in [0.2, 0.25) is 0 Å². The summed E-state index contributed by atoms with van der Waals surface area (Å²) in [6.45, 7) is 2.10. The lowest BCUT2D eigenvalue weighted by atomic mass is 10.1. The molecule has 31 heavy (non-hydrogen) atoms. The quantitative estimate of drug-likeness (QED) is 0.646. The van der Waals surface area contributed by atoms with Crippen molar-refractivity contribution >= 4 is 23.1 Å². The number of aromatic nitrogens is 5. The second kappa shape index (κ2) is 7.88. The van der Waals surface area contributed by atoms with Crippen LogP contribution in [0, 0.1) is 5.92 Å². The van der Waals surface area contributed by atoms with Crippen molar-refractivity contribution < 1.29 is 18.3 Å². The third-order valence-corrected chi connectivity index (χ3v) is 5.67. The van der Waals surface area contributed by atoms with Crippen molar-refractivity contribution in [2.45, 2.75) is 31.8 Å². The van der Waals surface area contributed by atoms with E-state index in [2.05, 4.69) is 25.4 Å². The van der Waals surface area contributed by atoms with E-state index in [0.29, 0.717) is 18.8 Å². The number of morpholine rings is 1. The van der Waals surface area contributed by atoms with Gasteiger partial charge in [0.15, 0.2) is 11.3 Å². The molecule has 2 aliphatic rings. The zero-order chi connectivity index (χ0) is 21.5. The molecule has 5 rings (SSSR count). The number of rotatable bonds is 6. The highest BCUT2D eigenvalue weighted by Crippen LogP contribution is 2.35. The average molecular weight is 431 g/mol. The van der Waals surface area contributed by atoms with Crippen LogP contribution in [0.2, 0.25) is 0 Å². The maximum Gasteiger partial charge on any atom is 0.284 e. The van der Waals surface area contributed by atoms with Crippen LogP contribution < -0.4 is 10.2 Å². The van der Waals surface area contributed by atoms with E-state index in [-0.39, 0.29) is 17.4 Å². The molecule has 0 bridgehead atoms. The van der Waals surface area contributed by atoms with Crippen molar-refractivity contribution in [2.24, 2.45) is 13.0 Å². The number of hydrogen-bond acceptors (Lipinski definition) is 6. The van der Waals surface area contributed by atoms with Gasteiger partial charge >= 0.3 is 0 Å². The highest BCUT2D eigenvalue weighted by molar-refractivity contribution is 6.08. The van der Waals surface area contributed by atoms with Crippen molar-refractivity contribution in [3.05, 3.63) is 35.9 Å². The van der Waals surface area contributed by atoms with Gasteiger partial charge in [-0.3, -0.25) is 9.48 Å². The fourth-order valence-electron chi connectivity index (χ4n) is 3.94. The van der Waals surface area contributed by atoms with E-state index < -0.39 is 18.0 Å². The topological polar surface area (TPSA) is 89.6 Å². The Labute approximate surface area is 177 Å². The Kier molecular flexibility index (Phi) is 5.05. The molecule has 4 heterocycles. The summed E-state index contributed by atoms with van der Waals surface area (Å²) in [5.41, 5.74) is 0.0570. The van der Waals surface area contributed by atoms with Crippen LogP contribution in [0.4, 0.5) is 20.3 Å². The third-order valence-electron chi connectivity index (χ3n) is 5.67. The van der Waals surface area contributed by atoms with Crippen molar-refractivity contribution in [1.29, 1.82) is 0 Å². The molecule has 0 spiro atoms. The van der Waals surface area contributed by atoms with E-state index in [0.717, 1.165) is 24.7 Å². The van der Waals surface area contributed by atoms with Crippen LogP contribution in [0.25, 0.3) is 5.65 Å². The molecule has 0 radical (unpaired) electrons. The lowest BCUT2D eigenvalue weighted by Gasteiger charge is -2.33. The number of alkyl halides is 2. The van der Waals surface area contributed by atoms with Crippen molar-refractivity contribution in [1.82, 2.24) is 24.4 Å². The molecule has 1 aliphatic carbocycles. The molecule has 1 unspecified atom stereocenters. The third kappa shape index (κ3) is 4.09. The number of anilines is 2. The van der Waals surface area contributed by atoms with Gasteiger partial charge in [-0.15, -0.1) is 0 Å². The first-order valence-electron chi connectivity index (χ1n) is 10.3. The van der Waals surface area contributed by atoms with Crippen LogP contribution in [-0.4, -0.2) is 56.1 Å². The Hall–Kier alpha value is -3.08. The maximum atomic E-state index is 13.2. The van der Waals surface area contributed by atoms with E-state index >= 15 is 0 Å². The minimum atomic E-state index is -2.80. The highest BCUT2D eigenvalue weighted by atomic mass is 19.3. The van der Waals surface area contributed by atoms with Gasteiger partial charge in [0, 0.05) is 32.5 Å². The van der Waals surface area contributed by atoms with Gasteiger partial charge in [0.1, 0.15) is 11.4 Å². The summed E-state index contributed by atoms with van der Waals surface area (Å²) in [5.74, 6) is 0.944. The molecule has 1 amide bonds. The fraction of sp³-hybridized carbons (Fsp3) is 0.500. The first kappa shape index (κ1) is 19.9. The Morgan fingerprint density at radius 3 is 3.00 bits per heavy atom. The fourth-order valence-corrected chi connectivity index (χ4v) is 3.94. The zero-order valence-corrected chi connectivity index (χ0v) is 17.0. The van der Waals surface area contributed by atoms with Crippen molar-refractivity contribution in [2.75, 3.05) is 29.9 Å². The lowest BCUT2D eigenvalue weighted by Crippen LogP contribution is -2.43. The number of aryl methyl sites for hydroxylation is 1. The first-order chi connectivity index (χ1) is 15.0. The second-order valence-corrected chi connectivity index (χ2v) is 8.09. The average Bonchev–Trinajstić information content (AvgIpc) is 3.33. The van der Waals surface area contributed by atoms with Gasteiger partial charge in [0.25, 0.3) is 12.3 Å². The molecule has 0 aromatic carbocycles. The standard InChI is InChI=1S/C20H23F2N7O2/c1-27-11-15(17(26-27)18(21)22)24-20(30)14-9-23-29-5-4-16(25-19(14)29)28-6-7-31-13(10-28)8-12-2-3-12/h4-5,9,11-13,18H,2-3,6-8,10H2,1H3,(H,24,30). The number of amides is 1. The summed E-state index contributed by atoms with van der Waals surface area (Å²) < 4.78 is 35.0. The van der Waals surface area contributed by atoms with Gasteiger partial charge < -0.3 is 15.0 Å². The molecule has 1 aliphatic heterocycles. The molecular weight excluding hydrogens is 408 g/mol. The smallest absolute Gasteiger partial charge is 0.284 e. The Bertz CT molecular complexity index is 1110. The minimum Gasteiger partial charge on any atom is -0.375 e. The van der Waals surface area contributed by atoms with Crippen LogP contribution in [-0.2, 0) is 11.8 Å². The monoisotopic (exact) mass is 431 g/mol. The SMILES string of the molecule is Cn1cc(NC(=O)c2cnn3ccc(N4CCOC(CC5CC5)C4)nc23)c(C(F)F)n1. The van der Waals surface area contributed by atoms with Gasteiger partial charge in [-0.05, 0) is 18.4 Å². The lowest BCUT2D eigenvalue weighted by molar-refractivity contribution is 0.0315. The van der Waals surface area contributed by atoms with Crippen LogP contribution in [0.3, 0.4) is 0 Å². The Morgan fingerprint density at radius 2 is 2.23 bits per heavy atom. The Morgan fingerprint density at radius 1 is 1.39 bits per heavy atom. The molecule has 2 fully saturated rings. The van der Waals surface area contributed by atoms with Crippen molar-refractivity contribution in [3.63, 3.8) is 0 Å². The number of halogens is 2. The normalized spacial score (nSPS) is 19.4. The van der Waals surface area contributed by atoms with E-state index in [1.165, 1.54) is 41.5 Å². The minimum absolute atomic E-state index is 0.0332. The van der Waals surface area contributed by atoms with Crippen LogP contribution in [0.1, 0.15) is 41.7 Å². The number of carbonyl (C=O) groups excluding carboxylic acids is 1. The summed E-state index contributed by atoms with van der Waals surface area (Å²) in [4.78, 5) is 19.6. The highest BCUT2D eigenvalue weighted by Gasteiger charge is 2.30. The molecular formula is C20H23F2N7O2. The summed E-state index contributed by atoms with van der Waals surface area (Å²) in [6, 6.07) is 1.86. The summed E-state index contributed by atoms with van der Waals surface area (Å²) >= 11 is 0. The maximum absolute atomic E-state index is 13.2. The van der Waals surface area contributed by atoms with Crippen LogP contribution >= 0.6 is 0 Å². The summed E-state index contributed by atoms with van der Waals surface area (Å²) in [5, 5.41) is 10.4. The van der Waals surface area contributed by atoms with Gasteiger partial charge in [-0.2, -0.15) is 10.2 Å². The number of fused-ring (bicyclic) bond motifs is 1. The van der Waals surface area contributed by atoms with E-state index in [4.69, 9.17) is 4.74 Å². The molecule has 1 saturated heterocycles. The number of nitrogens with one attached hydrogen (secondary N) is 1. The molecule has 3 aromatic heterocycles. The predicted molar refractivity (Wildman–Crippen MR) is 108 cm³/mol. The molecule has 164 valence electrons. The molecule has 1 saturated carbocycles. The number of nitrogens with zero attached hydrogens (tertiary/aromatic N) is 6. The Balaban J connectivity index is 1.38.